The Hall–Kier alpha value is -0.900. The summed E-state index contributed by atoms with van der Waals surface area (Å²) in [5.41, 5.74) is 2.94. The SMILES string of the molecule is CC(=O)O.Cc1cscn1. The summed E-state index contributed by atoms with van der Waals surface area (Å²) >= 11 is 1.63. The number of aryl methyl sites for hydroxylation is 1. The van der Waals surface area contributed by atoms with Gasteiger partial charge in [0.1, 0.15) is 0 Å². The van der Waals surface area contributed by atoms with Crippen LogP contribution in [0.4, 0.5) is 0 Å². The van der Waals surface area contributed by atoms with E-state index in [1.165, 1.54) is 0 Å². The second kappa shape index (κ2) is 4.93. The van der Waals surface area contributed by atoms with E-state index >= 15 is 0 Å². The predicted octanol–water partition coefficient (Wildman–Crippen LogP) is 1.54. The van der Waals surface area contributed by atoms with Crippen LogP contribution in [0.3, 0.4) is 0 Å². The third kappa shape index (κ3) is 7.10. The van der Waals surface area contributed by atoms with E-state index in [0.29, 0.717) is 0 Å². The average molecular weight is 159 g/mol. The Kier molecular flexibility index (Phi) is 4.49. The van der Waals surface area contributed by atoms with Crippen LogP contribution < -0.4 is 0 Å². The summed E-state index contributed by atoms with van der Waals surface area (Å²) < 4.78 is 0. The minimum absolute atomic E-state index is 0.833. The molecule has 0 spiro atoms. The maximum absolute atomic E-state index is 9.00. The number of nitrogens with zero attached hydrogens (tertiary/aromatic N) is 1. The fraction of sp³-hybridized carbons (Fsp3) is 0.333. The zero-order chi connectivity index (χ0) is 7.98. The molecule has 56 valence electrons. The Bertz CT molecular complexity index is 180. The van der Waals surface area contributed by atoms with Crippen molar-refractivity contribution in [2.45, 2.75) is 13.8 Å². The molecule has 3 nitrogen and oxygen atoms in total. The van der Waals surface area contributed by atoms with Crippen LogP contribution in [0.2, 0.25) is 0 Å². The zero-order valence-corrected chi connectivity index (χ0v) is 6.68. The molecule has 1 aromatic heterocycles. The first-order valence-corrected chi connectivity index (χ1v) is 3.61. The molecular formula is C6H9NO2S. The highest BCUT2D eigenvalue weighted by Gasteiger charge is 1.76. The molecule has 0 saturated carbocycles. The fourth-order valence-electron chi connectivity index (χ4n) is 0.273. The maximum Gasteiger partial charge on any atom is 0.300 e. The Morgan fingerprint density at radius 3 is 2.40 bits per heavy atom. The van der Waals surface area contributed by atoms with Gasteiger partial charge in [0, 0.05) is 18.0 Å². The first kappa shape index (κ1) is 9.10. The van der Waals surface area contributed by atoms with Crippen molar-refractivity contribution in [1.82, 2.24) is 4.98 Å². The Morgan fingerprint density at radius 2 is 2.30 bits per heavy atom. The molecule has 0 bridgehead atoms. The molecule has 1 rings (SSSR count). The molecule has 1 N–H and O–H groups in total. The van der Waals surface area contributed by atoms with E-state index in [-0.39, 0.29) is 0 Å². The van der Waals surface area contributed by atoms with Crippen LogP contribution in [0, 0.1) is 6.92 Å². The van der Waals surface area contributed by atoms with Gasteiger partial charge >= 0.3 is 0 Å². The van der Waals surface area contributed by atoms with Gasteiger partial charge in [-0.25, -0.2) is 0 Å². The highest BCUT2D eigenvalue weighted by molar-refractivity contribution is 7.07. The average Bonchev–Trinajstić information content (AvgIpc) is 2.15. The third-order valence-electron chi connectivity index (χ3n) is 0.556. The summed E-state index contributed by atoms with van der Waals surface area (Å²) in [5.74, 6) is -0.833. The first-order chi connectivity index (χ1) is 4.63. The van der Waals surface area contributed by atoms with Crippen LogP contribution in [0.5, 0.6) is 0 Å². The summed E-state index contributed by atoms with van der Waals surface area (Å²) in [7, 11) is 0. The van der Waals surface area contributed by atoms with Gasteiger partial charge in [0.05, 0.1) is 5.51 Å². The Labute approximate surface area is 63.3 Å². The van der Waals surface area contributed by atoms with Gasteiger partial charge in [-0.2, -0.15) is 0 Å². The smallest absolute Gasteiger partial charge is 0.300 e. The molecule has 4 heteroatoms. The predicted molar refractivity (Wildman–Crippen MR) is 40.2 cm³/mol. The van der Waals surface area contributed by atoms with Crippen LogP contribution in [0.15, 0.2) is 10.9 Å². The topological polar surface area (TPSA) is 50.2 Å². The summed E-state index contributed by atoms with van der Waals surface area (Å²) in [6, 6.07) is 0. The lowest BCUT2D eigenvalue weighted by molar-refractivity contribution is -0.134. The number of carboxylic acids is 1. The number of carbonyl (C=O) groups is 1. The third-order valence-corrected chi connectivity index (χ3v) is 1.26. The zero-order valence-electron chi connectivity index (χ0n) is 5.87. The number of hydrogen-bond acceptors (Lipinski definition) is 3. The fourth-order valence-corrected chi connectivity index (χ4v) is 0.819. The van der Waals surface area contributed by atoms with Gasteiger partial charge in [-0.15, -0.1) is 11.3 Å². The molecular weight excluding hydrogens is 150 g/mol. The standard InChI is InChI=1S/C4H5NS.C2H4O2/c1-4-2-6-3-5-4;1-2(3)4/h2-3H,1H3;1H3,(H,3,4). The van der Waals surface area contributed by atoms with Crippen LogP contribution in [0.25, 0.3) is 0 Å². The van der Waals surface area contributed by atoms with Crippen LogP contribution in [-0.4, -0.2) is 16.1 Å². The molecule has 0 aliphatic rings. The second-order valence-corrected chi connectivity index (χ2v) is 2.37. The van der Waals surface area contributed by atoms with Crippen LogP contribution >= 0.6 is 11.3 Å². The van der Waals surface area contributed by atoms with E-state index in [1.54, 1.807) is 11.3 Å². The van der Waals surface area contributed by atoms with Crippen molar-refractivity contribution in [2.24, 2.45) is 0 Å². The number of hydrogen-bond donors (Lipinski definition) is 1. The molecule has 1 aromatic rings. The van der Waals surface area contributed by atoms with Crippen molar-refractivity contribution in [3.63, 3.8) is 0 Å². The van der Waals surface area contributed by atoms with E-state index < -0.39 is 5.97 Å². The Morgan fingerprint density at radius 1 is 1.80 bits per heavy atom. The number of carboxylic acid groups (broad SMARTS) is 1. The van der Waals surface area contributed by atoms with Gasteiger partial charge in [0.2, 0.25) is 0 Å². The van der Waals surface area contributed by atoms with E-state index in [1.807, 2.05) is 17.8 Å². The molecule has 0 saturated heterocycles. The van der Waals surface area contributed by atoms with Crippen molar-refractivity contribution < 1.29 is 9.90 Å². The Balaban J connectivity index is 0.000000180. The highest BCUT2D eigenvalue weighted by Crippen LogP contribution is 1.95. The summed E-state index contributed by atoms with van der Waals surface area (Å²) in [6.07, 6.45) is 0. The van der Waals surface area contributed by atoms with Gasteiger partial charge in [-0.3, -0.25) is 9.78 Å². The van der Waals surface area contributed by atoms with Crippen molar-refractivity contribution in [3.8, 4) is 0 Å². The van der Waals surface area contributed by atoms with Gasteiger partial charge in [-0.1, -0.05) is 0 Å². The van der Waals surface area contributed by atoms with Gasteiger partial charge in [0.15, 0.2) is 0 Å². The van der Waals surface area contributed by atoms with Crippen molar-refractivity contribution in [1.29, 1.82) is 0 Å². The van der Waals surface area contributed by atoms with Crippen LogP contribution in [0.1, 0.15) is 12.6 Å². The lowest BCUT2D eigenvalue weighted by Gasteiger charge is -1.64. The molecule has 0 aromatic carbocycles. The molecule has 0 unspecified atom stereocenters. The maximum atomic E-state index is 9.00. The van der Waals surface area contributed by atoms with Gasteiger partial charge < -0.3 is 5.11 Å². The lowest BCUT2D eigenvalue weighted by Crippen LogP contribution is -1.78. The number of thiazole rings is 1. The first-order valence-electron chi connectivity index (χ1n) is 2.67. The molecule has 0 aliphatic heterocycles. The normalized spacial score (nSPS) is 7.80. The molecule has 10 heavy (non-hydrogen) atoms. The van der Waals surface area contributed by atoms with E-state index in [2.05, 4.69) is 4.98 Å². The van der Waals surface area contributed by atoms with E-state index in [4.69, 9.17) is 9.90 Å². The molecule has 1 heterocycles. The molecule has 0 amide bonds. The lowest BCUT2D eigenvalue weighted by atomic mass is 10.6. The molecule has 0 aliphatic carbocycles. The summed E-state index contributed by atoms with van der Waals surface area (Å²) in [4.78, 5) is 12.9. The van der Waals surface area contributed by atoms with E-state index in [9.17, 15) is 0 Å². The highest BCUT2D eigenvalue weighted by atomic mass is 32.1. The number of aromatic nitrogens is 1. The molecule has 0 radical (unpaired) electrons. The summed E-state index contributed by atoms with van der Waals surface area (Å²) in [5, 5.41) is 9.43. The molecule has 0 fully saturated rings. The quantitative estimate of drug-likeness (QED) is 0.624. The van der Waals surface area contributed by atoms with Crippen LogP contribution in [-0.2, 0) is 4.79 Å². The van der Waals surface area contributed by atoms with Crippen molar-refractivity contribution >= 4 is 17.3 Å². The molecule has 0 atom stereocenters. The van der Waals surface area contributed by atoms with Gasteiger partial charge in [0.25, 0.3) is 5.97 Å². The van der Waals surface area contributed by atoms with Gasteiger partial charge in [-0.05, 0) is 6.92 Å². The number of aliphatic carboxylic acids is 1. The minimum Gasteiger partial charge on any atom is -0.481 e. The van der Waals surface area contributed by atoms with Crippen molar-refractivity contribution in [2.75, 3.05) is 0 Å². The summed E-state index contributed by atoms with van der Waals surface area (Å²) in [6.45, 7) is 3.07. The van der Waals surface area contributed by atoms with Crippen molar-refractivity contribution in [3.05, 3.63) is 16.6 Å². The monoisotopic (exact) mass is 159 g/mol. The van der Waals surface area contributed by atoms with E-state index in [0.717, 1.165) is 12.6 Å². The minimum atomic E-state index is -0.833. The largest absolute Gasteiger partial charge is 0.481 e. The second-order valence-electron chi connectivity index (χ2n) is 1.65. The number of rotatable bonds is 0.